The number of hydrogen-bond acceptors (Lipinski definition) is 18. The number of carbonyl (C=O) groups excluding carboxylic acids is 5. The summed E-state index contributed by atoms with van der Waals surface area (Å²) in [7, 11) is 1.88. The minimum Gasteiger partial charge on any atom is -0.394 e. The number of benzene rings is 1. The Morgan fingerprint density at radius 3 is 2.37 bits per heavy atom. The molecule has 24 nitrogen and oxygen atoms in total. The number of aliphatic hydroxyl groups is 4. The van der Waals surface area contributed by atoms with E-state index in [2.05, 4.69) is 37.7 Å². The SMILES string of the molecule is CC(=O)N[C@@H]1COC(CO)C(O)C1OC(OC(C(=O)N1CCN(c2ccc(NC(=O)CNC(=O)n3ccc4c(N(C)[C@H]5CN(C(=O)CC#N)CC[C@H]5C)ncnc43)cc2)CC1)[C@H](C)OC(C)C)[C@@H](O)CO. The summed E-state index contributed by atoms with van der Waals surface area (Å²) in [6.45, 7) is 9.07. The van der Waals surface area contributed by atoms with E-state index in [-0.39, 0.29) is 56.6 Å². The molecule has 71 heavy (non-hydrogen) atoms. The zero-order chi connectivity index (χ0) is 51.5. The van der Waals surface area contributed by atoms with Crippen molar-refractivity contribution in [2.75, 3.05) is 87.8 Å². The molecule has 24 heteroatoms. The van der Waals surface area contributed by atoms with Crippen LogP contribution in [0.5, 0.6) is 0 Å². The Morgan fingerprint density at radius 2 is 1.72 bits per heavy atom. The quantitative estimate of drug-likeness (QED) is 0.0737. The first-order valence-electron chi connectivity index (χ1n) is 23.8. The third-order valence-electron chi connectivity index (χ3n) is 12.9. The van der Waals surface area contributed by atoms with Crippen molar-refractivity contribution in [1.29, 1.82) is 5.26 Å². The van der Waals surface area contributed by atoms with Crippen LogP contribution < -0.4 is 25.8 Å². The van der Waals surface area contributed by atoms with Crippen molar-refractivity contribution in [2.24, 2.45) is 5.92 Å². The van der Waals surface area contributed by atoms with Crippen molar-refractivity contribution in [1.82, 2.24) is 35.0 Å². The predicted molar refractivity (Wildman–Crippen MR) is 256 cm³/mol. The molecule has 2 aromatic heterocycles. The standard InChI is InChI=1S/C47H67N11O13/c1-27(2)69-29(4)41(70-46(36(62)23-59)71-42-34(52-30(5)61)25-68-37(24-60)40(42)65)45(66)56-19-17-55(18-20-56)32-9-7-31(8-10-32)53-38(63)21-49-47(67)58-16-13-33-43(50-26-51-44(33)58)54(6)35-22-57(15-12-28(35)3)39(64)11-14-48/h7-10,13,16,26-29,34-37,40-42,46,59-60,62,65H,11-12,15,17-25H2,1-6H3,(H,49,67)(H,52,61)(H,53,63)/t28-,29+,34-,35+,36+,37?,40?,41?,42?,46?/m1/s1. The van der Waals surface area contributed by atoms with E-state index < -0.39 is 85.9 Å². The zero-order valence-electron chi connectivity index (χ0n) is 40.9. The van der Waals surface area contributed by atoms with Gasteiger partial charge in [-0.25, -0.2) is 14.8 Å². The van der Waals surface area contributed by atoms with E-state index >= 15 is 0 Å². The normalized spacial score (nSPS) is 23.3. The topological polar surface area (TPSA) is 307 Å². The van der Waals surface area contributed by atoms with Crippen LogP contribution in [0.1, 0.15) is 47.5 Å². The van der Waals surface area contributed by atoms with E-state index in [4.69, 9.17) is 24.2 Å². The van der Waals surface area contributed by atoms with E-state index in [1.54, 1.807) is 55.0 Å². The molecule has 388 valence electrons. The molecular formula is C47H67N11O13. The second-order valence-electron chi connectivity index (χ2n) is 18.3. The molecule has 3 fully saturated rings. The molecule has 0 aliphatic carbocycles. The first kappa shape index (κ1) is 54.3. The van der Waals surface area contributed by atoms with Crippen LogP contribution in [0.15, 0.2) is 42.9 Å². The Morgan fingerprint density at radius 1 is 1.00 bits per heavy atom. The first-order valence-corrected chi connectivity index (χ1v) is 23.8. The molecule has 3 saturated heterocycles. The summed E-state index contributed by atoms with van der Waals surface area (Å²) in [6, 6.07) is 9.16. The molecule has 3 aliphatic rings. The maximum absolute atomic E-state index is 14.2. The maximum atomic E-state index is 14.2. The number of piperazine rings is 1. The van der Waals surface area contributed by atoms with Gasteiger partial charge in [0, 0.05) is 70.8 Å². The van der Waals surface area contributed by atoms with Crippen LogP contribution in [0.25, 0.3) is 11.0 Å². The summed E-state index contributed by atoms with van der Waals surface area (Å²) >= 11 is 0. The van der Waals surface area contributed by atoms with Gasteiger partial charge in [-0.15, -0.1) is 0 Å². The highest BCUT2D eigenvalue weighted by Gasteiger charge is 2.45. The number of aromatic nitrogens is 3. The van der Waals surface area contributed by atoms with Gasteiger partial charge in [0.25, 0.3) is 5.91 Å². The minimum atomic E-state index is -1.69. The van der Waals surface area contributed by atoms with Crippen LogP contribution in [0.3, 0.4) is 0 Å². The number of nitrogens with zero attached hydrogens (tertiary/aromatic N) is 8. The molecule has 5 amide bonds. The van der Waals surface area contributed by atoms with E-state index in [0.717, 1.165) is 12.1 Å². The van der Waals surface area contributed by atoms with Crippen LogP contribution in [-0.4, -0.2) is 208 Å². The van der Waals surface area contributed by atoms with Gasteiger partial charge in [0.2, 0.25) is 17.7 Å². The number of nitriles is 1. The predicted octanol–water partition coefficient (Wildman–Crippen LogP) is -0.617. The van der Waals surface area contributed by atoms with E-state index in [0.29, 0.717) is 48.7 Å². The Labute approximate surface area is 411 Å². The summed E-state index contributed by atoms with van der Waals surface area (Å²) in [6.07, 6.45) is -6.24. The highest BCUT2D eigenvalue weighted by atomic mass is 16.7. The van der Waals surface area contributed by atoms with Crippen molar-refractivity contribution < 1.29 is 63.3 Å². The molecule has 10 atom stereocenters. The fraction of sp³-hybridized carbons (Fsp3) is 0.617. The van der Waals surface area contributed by atoms with Crippen molar-refractivity contribution in [3.8, 4) is 6.07 Å². The summed E-state index contributed by atoms with van der Waals surface area (Å²) in [5.41, 5.74) is 1.65. The lowest BCUT2D eigenvalue weighted by Crippen LogP contribution is -2.63. The number of likely N-dealkylation sites (N-methyl/N-ethyl adjacent to an activating group) is 1. The lowest BCUT2D eigenvalue weighted by Gasteiger charge is -2.43. The fourth-order valence-electron chi connectivity index (χ4n) is 9.13. The fourth-order valence-corrected chi connectivity index (χ4v) is 9.13. The van der Waals surface area contributed by atoms with Gasteiger partial charge >= 0.3 is 6.03 Å². The summed E-state index contributed by atoms with van der Waals surface area (Å²) in [5, 5.41) is 59.4. The number of aliphatic hydroxyl groups excluding tert-OH is 4. The van der Waals surface area contributed by atoms with Gasteiger partial charge in [0.05, 0.1) is 62.1 Å². The summed E-state index contributed by atoms with van der Waals surface area (Å²) in [5.74, 6) is -0.806. The van der Waals surface area contributed by atoms with E-state index in [9.17, 15) is 44.4 Å². The molecule has 3 aliphatic heterocycles. The number of nitrogens with one attached hydrogen (secondary N) is 3. The first-order chi connectivity index (χ1) is 33.9. The molecule has 0 spiro atoms. The lowest BCUT2D eigenvalue weighted by molar-refractivity contribution is -0.285. The number of piperidine rings is 1. The number of fused-ring (bicyclic) bond motifs is 1. The molecule has 3 aromatic rings. The molecule has 7 N–H and O–H groups in total. The van der Waals surface area contributed by atoms with E-state index in [1.807, 2.05) is 30.1 Å². The Kier molecular flexibility index (Phi) is 19.0. The number of anilines is 3. The third-order valence-corrected chi connectivity index (χ3v) is 12.9. The monoisotopic (exact) mass is 993 g/mol. The molecule has 6 rings (SSSR count). The number of ether oxygens (including phenoxy) is 4. The number of carbonyl (C=O) groups is 5. The molecular weight excluding hydrogens is 927 g/mol. The highest BCUT2D eigenvalue weighted by molar-refractivity contribution is 5.98. The lowest BCUT2D eigenvalue weighted by atomic mass is 9.92. The molecule has 1 aromatic carbocycles. The molecule has 5 heterocycles. The number of amides is 5. The van der Waals surface area contributed by atoms with Gasteiger partial charge < -0.3 is 74.9 Å². The highest BCUT2D eigenvalue weighted by Crippen LogP contribution is 2.30. The molecule has 0 bridgehead atoms. The zero-order valence-corrected chi connectivity index (χ0v) is 40.9. The van der Waals surface area contributed by atoms with Gasteiger partial charge in [0.1, 0.15) is 43.0 Å². The van der Waals surface area contributed by atoms with Crippen LogP contribution >= 0.6 is 0 Å². The van der Waals surface area contributed by atoms with Crippen molar-refractivity contribution in [3.05, 3.63) is 42.9 Å². The summed E-state index contributed by atoms with van der Waals surface area (Å²) in [4.78, 5) is 81.3. The van der Waals surface area contributed by atoms with Crippen molar-refractivity contribution in [3.63, 3.8) is 0 Å². The van der Waals surface area contributed by atoms with Gasteiger partial charge in [-0.3, -0.25) is 23.7 Å². The Bertz CT molecular complexity index is 2340. The van der Waals surface area contributed by atoms with Crippen LogP contribution in [0, 0.1) is 17.2 Å². The molecule has 5 unspecified atom stereocenters. The molecule has 0 saturated carbocycles. The second-order valence-corrected chi connectivity index (χ2v) is 18.3. The minimum absolute atomic E-state index is 0.0893. The Hall–Kier alpha value is -6.04. The van der Waals surface area contributed by atoms with Gasteiger partial charge in [-0.05, 0) is 63.4 Å². The number of rotatable bonds is 19. The van der Waals surface area contributed by atoms with Crippen LogP contribution in [-0.2, 0) is 38.1 Å². The summed E-state index contributed by atoms with van der Waals surface area (Å²) < 4.78 is 25.0. The second kappa shape index (κ2) is 24.9. The number of hydrogen-bond donors (Lipinski definition) is 7. The van der Waals surface area contributed by atoms with E-state index in [1.165, 1.54) is 17.8 Å². The van der Waals surface area contributed by atoms with Gasteiger partial charge in [-0.2, -0.15) is 5.26 Å². The van der Waals surface area contributed by atoms with Gasteiger partial charge in [0.15, 0.2) is 18.0 Å². The van der Waals surface area contributed by atoms with Gasteiger partial charge in [-0.1, -0.05) is 6.92 Å². The average molecular weight is 994 g/mol. The third kappa shape index (κ3) is 13.5. The Balaban J connectivity index is 1.03. The largest absolute Gasteiger partial charge is 0.394 e. The number of likely N-dealkylation sites (tertiary alicyclic amines) is 1. The van der Waals surface area contributed by atoms with Crippen LogP contribution in [0.2, 0.25) is 0 Å². The molecule has 0 radical (unpaired) electrons. The van der Waals surface area contributed by atoms with Crippen molar-refractivity contribution in [2.45, 2.75) is 109 Å². The smallest absolute Gasteiger partial charge is 0.327 e. The van der Waals surface area contributed by atoms with Crippen molar-refractivity contribution >= 4 is 57.9 Å². The van der Waals surface area contributed by atoms with Crippen LogP contribution in [0.4, 0.5) is 22.0 Å². The average Bonchev–Trinajstić information content (AvgIpc) is 3.79. The maximum Gasteiger partial charge on any atom is 0.327 e.